The summed E-state index contributed by atoms with van der Waals surface area (Å²) in [5.41, 5.74) is 1.25. The van der Waals surface area contributed by atoms with E-state index >= 15 is 0 Å². The first-order valence-corrected chi connectivity index (χ1v) is 10.2. The molecule has 8 nitrogen and oxygen atoms in total. The third kappa shape index (κ3) is 2.79. The predicted octanol–water partition coefficient (Wildman–Crippen LogP) is 1.85. The van der Waals surface area contributed by atoms with Gasteiger partial charge in [0.15, 0.2) is 6.10 Å². The number of para-hydroxylation sites is 1. The van der Waals surface area contributed by atoms with Crippen molar-refractivity contribution in [3.63, 3.8) is 0 Å². The fraction of sp³-hybridized carbons (Fsp3) is 0.348. The highest BCUT2D eigenvalue weighted by atomic mass is 16.7. The number of β-lactam (4-membered cyclic amide) rings is 1. The Bertz CT molecular complexity index is 1040. The molecule has 8 heteroatoms. The van der Waals surface area contributed by atoms with E-state index in [1.807, 2.05) is 25.1 Å². The lowest BCUT2D eigenvalue weighted by Crippen LogP contribution is -2.68. The Hall–Kier alpha value is -3.23. The van der Waals surface area contributed by atoms with Crippen LogP contribution in [0.3, 0.4) is 0 Å². The van der Waals surface area contributed by atoms with Crippen LogP contribution in [0.15, 0.2) is 54.6 Å². The number of nitrogens with zero attached hydrogens (tertiary/aromatic N) is 3. The minimum absolute atomic E-state index is 0.0243. The zero-order valence-electron chi connectivity index (χ0n) is 17.5. The normalized spacial score (nSPS) is 30.5. The van der Waals surface area contributed by atoms with Crippen LogP contribution < -0.4 is 14.5 Å². The van der Waals surface area contributed by atoms with Crippen molar-refractivity contribution in [3.8, 4) is 5.75 Å². The number of hydroxylamine groups is 2. The summed E-state index contributed by atoms with van der Waals surface area (Å²) in [5, 5.41) is 1.58. The van der Waals surface area contributed by atoms with Crippen molar-refractivity contribution in [2.75, 3.05) is 24.0 Å². The predicted molar refractivity (Wildman–Crippen MR) is 112 cm³/mol. The third-order valence-corrected chi connectivity index (χ3v) is 6.52. The highest BCUT2D eigenvalue weighted by Crippen LogP contribution is 2.45. The molecule has 2 aromatic rings. The maximum Gasteiger partial charge on any atom is 0.265 e. The molecule has 2 aromatic carbocycles. The van der Waals surface area contributed by atoms with Crippen molar-refractivity contribution < 1.29 is 24.0 Å². The molecule has 0 radical (unpaired) electrons. The van der Waals surface area contributed by atoms with E-state index in [1.54, 1.807) is 60.5 Å². The number of likely N-dealkylation sites (N-methyl/N-ethyl adjacent to an activating group) is 1. The monoisotopic (exact) mass is 421 g/mol. The van der Waals surface area contributed by atoms with Crippen LogP contribution in [0.1, 0.15) is 6.92 Å². The molecule has 160 valence electrons. The first-order chi connectivity index (χ1) is 14.9. The van der Waals surface area contributed by atoms with Crippen molar-refractivity contribution >= 4 is 29.1 Å². The summed E-state index contributed by atoms with van der Waals surface area (Å²) in [4.78, 5) is 48.0. The maximum absolute atomic E-state index is 13.4. The first-order valence-electron chi connectivity index (χ1n) is 10.2. The van der Waals surface area contributed by atoms with Gasteiger partial charge in [-0.1, -0.05) is 25.1 Å². The van der Waals surface area contributed by atoms with Crippen LogP contribution in [-0.4, -0.2) is 55.1 Å². The van der Waals surface area contributed by atoms with Crippen LogP contribution in [-0.2, 0) is 19.2 Å². The zero-order valence-corrected chi connectivity index (χ0v) is 17.5. The largest absolute Gasteiger partial charge is 0.497 e. The number of hydrogen-bond acceptors (Lipinski definition) is 6. The van der Waals surface area contributed by atoms with Gasteiger partial charge in [0.2, 0.25) is 11.8 Å². The third-order valence-electron chi connectivity index (χ3n) is 6.52. The van der Waals surface area contributed by atoms with Crippen molar-refractivity contribution in [3.05, 3.63) is 54.6 Å². The Morgan fingerprint density at radius 2 is 1.52 bits per heavy atom. The van der Waals surface area contributed by atoms with Crippen molar-refractivity contribution in [2.45, 2.75) is 25.1 Å². The van der Waals surface area contributed by atoms with Gasteiger partial charge in [-0.3, -0.25) is 19.2 Å². The molecule has 31 heavy (non-hydrogen) atoms. The Labute approximate surface area is 179 Å². The zero-order chi connectivity index (χ0) is 21.9. The fourth-order valence-corrected chi connectivity index (χ4v) is 4.98. The molecule has 3 heterocycles. The van der Waals surface area contributed by atoms with Gasteiger partial charge >= 0.3 is 0 Å². The lowest BCUT2D eigenvalue weighted by molar-refractivity contribution is -0.166. The van der Waals surface area contributed by atoms with Gasteiger partial charge in [0.05, 0.1) is 36.7 Å². The average molecular weight is 421 g/mol. The molecule has 0 bridgehead atoms. The van der Waals surface area contributed by atoms with Gasteiger partial charge in [-0.05, 0) is 36.4 Å². The summed E-state index contributed by atoms with van der Waals surface area (Å²) in [6.07, 6.45) is -0.886. The molecule has 0 spiro atoms. The molecule has 3 fully saturated rings. The van der Waals surface area contributed by atoms with Gasteiger partial charge in [-0.15, -0.1) is 0 Å². The van der Waals surface area contributed by atoms with Gasteiger partial charge in [-0.25, -0.2) is 4.90 Å². The number of carbonyl (C=O) groups is 3. The first kappa shape index (κ1) is 19.7. The van der Waals surface area contributed by atoms with Gasteiger partial charge in [0, 0.05) is 12.7 Å². The number of carbonyl (C=O) groups excluding carboxylic acids is 3. The van der Waals surface area contributed by atoms with E-state index in [1.165, 1.54) is 4.90 Å². The smallest absolute Gasteiger partial charge is 0.265 e. The number of benzene rings is 2. The van der Waals surface area contributed by atoms with E-state index in [9.17, 15) is 14.4 Å². The molecular formula is C23H23N3O5. The summed E-state index contributed by atoms with van der Waals surface area (Å²) >= 11 is 0. The molecule has 5 rings (SSSR count). The van der Waals surface area contributed by atoms with Gasteiger partial charge < -0.3 is 9.64 Å². The number of rotatable bonds is 4. The number of anilines is 2. The van der Waals surface area contributed by atoms with Gasteiger partial charge in [0.25, 0.3) is 5.91 Å². The lowest BCUT2D eigenvalue weighted by atomic mass is 9.77. The Kier molecular flexibility index (Phi) is 4.56. The average Bonchev–Trinajstić information content (AvgIpc) is 3.25. The van der Waals surface area contributed by atoms with Crippen LogP contribution in [0.5, 0.6) is 5.75 Å². The summed E-state index contributed by atoms with van der Waals surface area (Å²) in [6, 6.07) is 15.4. The SMILES string of the molecule is COc1ccc(N2C(=O)[C@@H](C)[C@H]2[C@@H]2[C@H]3C(=O)N(c4ccccc4)C(=O)[C@H]3ON2C)cc1. The van der Waals surface area contributed by atoms with E-state index in [0.717, 1.165) is 5.69 Å². The minimum atomic E-state index is -0.886. The molecular weight excluding hydrogens is 398 g/mol. The van der Waals surface area contributed by atoms with E-state index < -0.39 is 18.1 Å². The Morgan fingerprint density at radius 3 is 2.16 bits per heavy atom. The Balaban J connectivity index is 1.48. The molecule has 5 atom stereocenters. The quantitative estimate of drug-likeness (QED) is 0.554. The summed E-state index contributed by atoms with van der Waals surface area (Å²) in [5.74, 6) is -0.979. The van der Waals surface area contributed by atoms with Crippen LogP contribution in [0, 0.1) is 11.8 Å². The standard InChI is InChI=1S/C23H23N3O5/c1-13-18(25(21(13)27)15-9-11-16(30-3)12-10-15)19-17-20(31-24(19)2)23(29)26(22(17)28)14-7-5-4-6-8-14/h4-13,17-20H,1-3H3/t13-,17+,18-,19-,20-/m0/s1. The van der Waals surface area contributed by atoms with E-state index in [0.29, 0.717) is 11.4 Å². The molecule has 3 amide bonds. The number of hydrogen-bond donors (Lipinski definition) is 0. The highest BCUT2D eigenvalue weighted by molar-refractivity contribution is 6.23. The number of ether oxygens (including phenoxy) is 1. The molecule has 0 saturated carbocycles. The summed E-state index contributed by atoms with van der Waals surface area (Å²) in [7, 11) is 3.30. The van der Waals surface area contributed by atoms with E-state index in [-0.39, 0.29) is 29.7 Å². The topological polar surface area (TPSA) is 79.4 Å². The van der Waals surface area contributed by atoms with Crippen molar-refractivity contribution in [1.82, 2.24) is 5.06 Å². The van der Waals surface area contributed by atoms with E-state index in [4.69, 9.17) is 9.57 Å². The molecule has 0 unspecified atom stereocenters. The van der Waals surface area contributed by atoms with Gasteiger partial charge in [-0.2, -0.15) is 5.06 Å². The van der Waals surface area contributed by atoms with Crippen LogP contribution >= 0.6 is 0 Å². The highest BCUT2D eigenvalue weighted by Gasteiger charge is 2.65. The van der Waals surface area contributed by atoms with Crippen molar-refractivity contribution in [2.24, 2.45) is 11.8 Å². The number of fused-ring (bicyclic) bond motifs is 1. The summed E-state index contributed by atoms with van der Waals surface area (Å²) in [6.45, 7) is 1.85. The number of imide groups is 1. The second-order valence-corrected chi connectivity index (χ2v) is 8.12. The molecule has 3 saturated heterocycles. The number of amides is 3. The van der Waals surface area contributed by atoms with Crippen LogP contribution in [0.2, 0.25) is 0 Å². The molecule has 0 N–H and O–H groups in total. The number of methoxy groups -OCH3 is 1. The second kappa shape index (κ2) is 7.18. The fourth-order valence-electron chi connectivity index (χ4n) is 4.98. The summed E-state index contributed by atoms with van der Waals surface area (Å²) < 4.78 is 5.21. The van der Waals surface area contributed by atoms with E-state index in [2.05, 4.69) is 0 Å². The van der Waals surface area contributed by atoms with Crippen molar-refractivity contribution in [1.29, 1.82) is 0 Å². The second-order valence-electron chi connectivity index (χ2n) is 8.12. The van der Waals surface area contributed by atoms with Crippen LogP contribution in [0.25, 0.3) is 0 Å². The molecule has 3 aliphatic heterocycles. The lowest BCUT2D eigenvalue weighted by Gasteiger charge is -2.50. The molecule has 0 aromatic heterocycles. The van der Waals surface area contributed by atoms with Gasteiger partial charge in [0.1, 0.15) is 5.75 Å². The maximum atomic E-state index is 13.4. The molecule has 0 aliphatic carbocycles. The van der Waals surface area contributed by atoms with Crippen LogP contribution in [0.4, 0.5) is 11.4 Å². The Morgan fingerprint density at radius 1 is 0.839 bits per heavy atom. The minimum Gasteiger partial charge on any atom is -0.497 e. The molecule has 3 aliphatic rings.